The van der Waals surface area contributed by atoms with E-state index in [1.807, 2.05) is 20.8 Å². The number of rotatable bonds is 2. The molecule has 15 heavy (non-hydrogen) atoms. The number of hydrogen-bond donors (Lipinski definition) is 1. The smallest absolute Gasteiger partial charge is 0.326 e. The maximum Gasteiger partial charge on any atom is 0.326 e. The van der Waals surface area contributed by atoms with Crippen molar-refractivity contribution < 1.29 is 14.3 Å². The highest BCUT2D eigenvalue weighted by Gasteiger charge is 2.23. The van der Waals surface area contributed by atoms with Crippen molar-refractivity contribution in [3.63, 3.8) is 0 Å². The van der Waals surface area contributed by atoms with Crippen molar-refractivity contribution in [1.29, 1.82) is 0 Å². The Kier molecular flexibility index (Phi) is 3.68. The molecule has 1 N–H and O–H groups in total. The summed E-state index contributed by atoms with van der Waals surface area (Å²) in [4.78, 5) is 24.3. The molecular weight excluding hydrogens is 196 g/mol. The third kappa shape index (κ3) is 4.29. The van der Waals surface area contributed by atoms with Crippen LogP contribution in [-0.4, -0.2) is 48.6 Å². The summed E-state index contributed by atoms with van der Waals surface area (Å²) in [5, 5.41) is 2.94. The molecule has 86 valence electrons. The molecule has 5 nitrogen and oxygen atoms in total. The Labute approximate surface area is 89.8 Å². The molecule has 0 aromatic heterocycles. The van der Waals surface area contributed by atoms with Crippen LogP contribution in [0.3, 0.4) is 0 Å². The van der Waals surface area contributed by atoms with Crippen LogP contribution in [0.25, 0.3) is 0 Å². The minimum absolute atomic E-state index is 0.0490. The van der Waals surface area contributed by atoms with E-state index in [2.05, 4.69) is 5.32 Å². The fourth-order valence-electron chi connectivity index (χ4n) is 1.34. The van der Waals surface area contributed by atoms with Gasteiger partial charge in [0.2, 0.25) is 5.91 Å². The fourth-order valence-corrected chi connectivity index (χ4v) is 1.34. The Morgan fingerprint density at radius 1 is 1.53 bits per heavy atom. The van der Waals surface area contributed by atoms with Crippen LogP contribution in [0.15, 0.2) is 0 Å². The normalized spacial score (nSPS) is 17.8. The van der Waals surface area contributed by atoms with Crippen molar-refractivity contribution in [2.45, 2.75) is 26.4 Å². The quantitative estimate of drug-likeness (QED) is 0.644. The van der Waals surface area contributed by atoms with Gasteiger partial charge in [0.25, 0.3) is 0 Å². The lowest BCUT2D eigenvalue weighted by Gasteiger charge is -2.28. The third-order valence-corrected chi connectivity index (χ3v) is 1.93. The lowest BCUT2D eigenvalue weighted by atomic mass is 10.2. The SMILES string of the molecule is CC(C)(C)OC(=O)CN1CCNCC1=O. The largest absolute Gasteiger partial charge is 0.459 e. The first-order valence-corrected chi connectivity index (χ1v) is 5.09. The van der Waals surface area contributed by atoms with E-state index in [1.54, 1.807) is 0 Å². The van der Waals surface area contributed by atoms with Gasteiger partial charge in [-0.15, -0.1) is 0 Å². The molecule has 1 amide bonds. The number of esters is 1. The van der Waals surface area contributed by atoms with Crippen LogP contribution in [0.4, 0.5) is 0 Å². The molecule has 0 radical (unpaired) electrons. The van der Waals surface area contributed by atoms with Gasteiger partial charge in [-0.1, -0.05) is 0 Å². The molecule has 0 spiro atoms. The minimum atomic E-state index is -0.492. The van der Waals surface area contributed by atoms with Gasteiger partial charge in [-0.2, -0.15) is 0 Å². The van der Waals surface area contributed by atoms with Crippen LogP contribution in [-0.2, 0) is 14.3 Å². The number of ether oxygens (including phenoxy) is 1. The average molecular weight is 214 g/mol. The van der Waals surface area contributed by atoms with Crippen molar-refractivity contribution in [2.75, 3.05) is 26.2 Å². The Morgan fingerprint density at radius 2 is 2.20 bits per heavy atom. The van der Waals surface area contributed by atoms with E-state index in [4.69, 9.17) is 4.74 Å². The topological polar surface area (TPSA) is 58.6 Å². The second-order valence-corrected chi connectivity index (χ2v) is 4.58. The van der Waals surface area contributed by atoms with Gasteiger partial charge in [-0.25, -0.2) is 0 Å². The van der Waals surface area contributed by atoms with Crippen molar-refractivity contribution in [3.8, 4) is 0 Å². The van der Waals surface area contributed by atoms with Gasteiger partial charge in [0.15, 0.2) is 0 Å². The summed E-state index contributed by atoms with van der Waals surface area (Å²) < 4.78 is 5.14. The van der Waals surface area contributed by atoms with E-state index in [-0.39, 0.29) is 18.4 Å². The summed E-state index contributed by atoms with van der Waals surface area (Å²) in [6, 6.07) is 0. The zero-order valence-electron chi connectivity index (χ0n) is 9.50. The molecule has 0 aromatic carbocycles. The van der Waals surface area contributed by atoms with Crippen LogP contribution < -0.4 is 5.32 Å². The molecule has 1 heterocycles. The number of carbonyl (C=O) groups is 2. The molecule has 0 unspecified atom stereocenters. The maximum atomic E-state index is 11.4. The maximum absolute atomic E-state index is 11.4. The zero-order valence-corrected chi connectivity index (χ0v) is 9.50. The van der Waals surface area contributed by atoms with Gasteiger partial charge in [-0.05, 0) is 20.8 Å². The second-order valence-electron chi connectivity index (χ2n) is 4.58. The Bertz CT molecular complexity index is 258. The van der Waals surface area contributed by atoms with E-state index in [1.165, 1.54) is 4.90 Å². The standard InChI is InChI=1S/C10H18N2O3/c1-10(2,3)15-9(14)7-12-5-4-11-6-8(12)13/h11H,4-7H2,1-3H3. The highest BCUT2D eigenvalue weighted by Crippen LogP contribution is 2.07. The van der Waals surface area contributed by atoms with Crippen LogP contribution in [0.5, 0.6) is 0 Å². The van der Waals surface area contributed by atoms with Crippen LogP contribution >= 0.6 is 0 Å². The van der Waals surface area contributed by atoms with Gasteiger partial charge in [0.1, 0.15) is 12.1 Å². The van der Waals surface area contributed by atoms with E-state index >= 15 is 0 Å². The molecule has 0 saturated carbocycles. The number of amides is 1. The summed E-state index contributed by atoms with van der Waals surface area (Å²) in [5.74, 6) is -0.398. The highest BCUT2D eigenvalue weighted by atomic mass is 16.6. The predicted octanol–water partition coefficient (Wildman–Crippen LogP) is -0.240. The van der Waals surface area contributed by atoms with Gasteiger partial charge < -0.3 is 15.0 Å². The molecule has 0 aliphatic carbocycles. The Balaban J connectivity index is 2.40. The molecule has 0 aromatic rings. The minimum Gasteiger partial charge on any atom is -0.459 e. The van der Waals surface area contributed by atoms with Crippen molar-refractivity contribution in [2.24, 2.45) is 0 Å². The number of carbonyl (C=O) groups excluding carboxylic acids is 2. The van der Waals surface area contributed by atoms with E-state index < -0.39 is 5.60 Å². The molecule has 0 bridgehead atoms. The molecule has 1 rings (SSSR count). The van der Waals surface area contributed by atoms with Gasteiger partial charge >= 0.3 is 5.97 Å². The lowest BCUT2D eigenvalue weighted by Crippen LogP contribution is -2.50. The summed E-state index contributed by atoms with van der Waals surface area (Å²) in [5.41, 5.74) is -0.492. The first-order valence-electron chi connectivity index (χ1n) is 5.09. The Hall–Kier alpha value is -1.10. The van der Waals surface area contributed by atoms with E-state index in [9.17, 15) is 9.59 Å². The number of piperazine rings is 1. The summed E-state index contributed by atoms with van der Waals surface area (Å²) in [6.45, 7) is 7.09. The van der Waals surface area contributed by atoms with Gasteiger partial charge in [-0.3, -0.25) is 9.59 Å². The molecule has 5 heteroatoms. The van der Waals surface area contributed by atoms with Crippen LogP contribution in [0.2, 0.25) is 0 Å². The van der Waals surface area contributed by atoms with Gasteiger partial charge in [0, 0.05) is 13.1 Å². The zero-order chi connectivity index (χ0) is 11.5. The molecule has 1 aliphatic heterocycles. The monoisotopic (exact) mass is 214 g/mol. The van der Waals surface area contributed by atoms with E-state index in [0.717, 1.165) is 6.54 Å². The van der Waals surface area contributed by atoms with Crippen molar-refractivity contribution in [1.82, 2.24) is 10.2 Å². The van der Waals surface area contributed by atoms with Crippen molar-refractivity contribution in [3.05, 3.63) is 0 Å². The van der Waals surface area contributed by atoms with Gasteiger partial charge in [0.05, 0.1) is 6.54 Å². The first-order chi connectivity index (χ1) is 6.88. The van der Waals surface area contributed by atoms with E-state index in [0.29, 0.717) is 13.1 Å². The Morgan fingerprint density at radius 3 is 2.73 bits per heavy atom. The van der Waals surface area contributed by atoms with Crippen molar-refractivity contribution >= 4 is 11.9 Å². The predicted molar refractivity (Wildman–Crippen MR) is 55.3 cm³/mol. The third-order valence-electron chi connectivity index (χ3n) is 1.93. The van der Waals surface area contributed by atoms with Crippen LogP contribution in [0.1, 0.15) is 20.8 Å². The molecule has 1 fully saturated rings. The molecule has 0 atom stereocenters. The average Bonchev–Trinajstić information content (AvgIpc) is 2.05. The number of nitrogens with zero attached hydrogens (tertiary/aromatic N) is 1. The summed E-state index contributed by atoms with van der Waals surface area (Å²) in [6.07, 6.45) is 0. The summed E-state index contributed by atoms with van der Waals surface area (Å²) in [7, 11) is 0. The lowest BCUT2D eigenvalue weighted by molar-refractivity contribution is -0.159. The van der Waals surface area contributed by atoms with Crippen LogP contribution in [0, 0.1) is 0 Å². The molecule has 1 aliphatic rings. The second kappa shape index (κ2) is 4.61. The molecule has 1 saturated heterocycles. The fraction of sp³-hybridized carbons (Fsp3) is 0.800. The highest BCUT2D eigenvalue weighted by molar-refractivity contribution is 5.84. The summed E-state index contributed by atoms with van der Waals surface area (Å²) >= 11 is 0. The molecular formula is C10H18N2O3. The number of nitrogens with one attached hydrogen (secondary N) is 1. The number of hydrogen-bond acceptors (Lipinski definition) is 4. The first kappa shape index (κ1) is 12.0.